The summed E-state index contributed by atoms with van der Waals surface area (Å²) in [5, 5.41) is 18.4. The normalized spacial score (nSPS) is 10.8. The van der Waals surface area contributed by atoms with Crippen LogP contribution in [-0.2, 0) is 0 Å². The minimum atomic E-state index is -0.331. The number of aryl methyl sites for hydroxylation is 2. The van der Waals surface area contributed by atoms with Gasteiger partial charge in [0.2, 0.25) is 0 Å². The molecule has 0 atom stereocenters. The van der Waals surface area contributed by atoms with Gasteiger partial charge in [0.1, 0.15) is 5.69 Å². The van der Waals surface area contributed by atoms with E-state index in [0.29, 0.717) is 17.5 Å². The van der Waals surface area contributed by atoms with Gasteiger partial charge in [-0.15, -0.1) is 0 Å². The van der Waals surface area contributed by atoms with Crippen LogP contribution in [0.25, 0.3) is 22.3 Å². The van der Waals surface area contributed by atoms with Gasteiger partial charge >= 0.3 is 0 Å². The van der Waals surface area contributed by atoms with E-state index in [1.165, 1.54) is 22.3 Å². The zero-order valence-corrected chi connectivity index (χ0v) is 29.7. The average molecular weight is 665 g/mol. The maximum Gasteiger partial charge on any atom is 0.292 e. The lowest BCUT2D eigenvalue weighted by Gasteiger charge is -2.18. The zero-order chi connectivity index (χ0) is 35.8. The molecule has 0 aliphatic heterocycles. The van der Waals surface area contributed by atoms with Gasteiger partial charge in [0, 0.05) is 18.9 Å². The number of nitrogen functional groups attached to an aromatic ring is 1. The highest BCUT2D eigenvalue weighted by Crippen LogP contribution is 2.38. The molecule has 4 N–H and O–H groups in total. The number of anilines is 5. The van der Waals surface area contributed by atoms with E-state index in [0.717, 1.165) is 45.0 Å². The lowest BCUT2D eigenvalue weighted by Crippen LogP contribution is -2.02. The van der Waals surface area contributed by atoms with Crippen LogP contribution in [0.3, 0.4) is 0 Å². The SMILES string of the molecule is Cc1cc(N)c(Nc2ccccc2C(C)C)cc1-c1ccccc1.Cc1cc([N+](=O)[O-])c(Nc2ccccc2C(C)C)cc1-c1ccccc1.[HH]. The highest BCUT2D eigenvalue weighted by Gasteiger charge is 2.19. The van der Waals surface area contributed by atoms with Crippen molar-refractivity contribution in [3.63, 3.8) is 0 Å². The molecule has 0 spiro atoms. The van der Waals surface area contributed by atoms with Crippen molar-refractivity contribution in [3.05, 3.63) is 166 Å². The quantitative estimate of drug-likeness (QED) is 0.0812. The summed E-state index contributed by atoms with van der Waals surface area (Å²) in [7, 11) is 0. The summed E-state index contributed by atoms with van der Waals surface area (Å²) >= 11 is 0. The molecule has 6 aromatic rings. The number of para-hydroxylation sites is 2. The van der Waals surface area contributed by atoms with Crippen molar-refractivity contribution < 1.29 is 6.35 Å². The van der Waals surface area contributed by atoms with Crippen molar-refractivity contribution in [2.45, 2.75) is 53.4 Å². The third-order valence-electron chi connectivity index (χ3n) is 8.81. The fourth-order valence-electron chi connectivity index (χ4n) is 6.16. The van der Waals surface area contributed by atoms with Gasteiger partial charge in [0.15, 0.2) is 0 Å². The van der Waals surface area contributed by atoms with E-state index in [1.807, 2.05) is 79.7 Å². The van der Waals surface area contributed by atoms with Gasteiger partial charge < -0.3 is 16.4 Å². The molecule has 256 valence electrons. The van der Waals surface area contributed by atoms with E-state index in [-0.39, 0.29) is 12.0 Å². The Morgan fingerprint density at radius 3 is 1.42 bits per heavy atom. The summed E-state index contributed by atoms with van der Waals surface area (Å²) in [5.41, 5.74) is 19.5. The number of nitro benzene ring substituents is 1. The van der Waals surface area contributed by atoms with Crippen molar-refractivity contribution in [3.8, 4) is 22.3 Å². The van der Waals surface area contributed by atoms with Crippen LogP contribution in [0, 0.1) is 24.0 Å². The molecular weight excluding hydrogens is 617 g/mol. The first kappa shape index (κ1) is 35.4. The molecule has 0 aliphatic carbocycles. The molecule has 0 saturated carbocycles. The lowest BCUT2D eigenvalue weighted by atomic mass is 9.98. The number of nitrogens with one attached hydrogen (secondary N) is 2. The summed E-state index contributed by atoms with van der Waals surface area (Å²) in [6, 6.07) is 44.4. The number of hydrogen-bond acceptors (Lipinski definition) is 5. The third-order valence-corrected chi connectivity index (χ3v) is 8.81. The van der Waals surface area contributed by atoms with Gasteiger partial charge in [0.25, 0.3) is 5.69 Å². The number of rotatable bonds is 9. The van der Waals surface area contributed by atoms with Crippen molar-refractivity contribution >= 4 is 34.1 Å². The largest absolute Gasteiger partial charge is 0.397 e. The van der Waals surface area contributed by atoms with Gasteiger partial charge in [-0.05, 0) is 101 Å². The summed E-state index contributed by atoms with van der Waals surface area (Å²) in [6.07, 6.45) is 0. The van der Waals surface area contributed by atoms with Crippen LogP contribution in [0.2, 0.25) is 0 Å². The van der Waals surface area contributed by atoms with Gasteiger partial charge in [-0.25, -0.2) is 0 Å². The predicted octanol–water partition coefficient (Wildman–Crippen LogP) is 12.8. The molecule has 0 saturated heterocycles. The first-order valence-electron chi connectivity index (χ1n) is 17.0. The second kappa shape index (κ2) is 16.0. The number of benzene rings is 6. The Kier molecular flexibility index (Phi) is 11.3. The molecule has 0 amide bonds. The Bertz CT molecular complexity index is 2080. The Morgan fingerprint density at radius 2 is 0.960 bits per heavy atom. The first-order chi connectivity index (χ1) is 24.0. The summed E-state index contributed by atoms with van der Waals surface area (Å²) in [5.74, 6) is 0.769. The molecule has 0 fully saturated rings. The molecular formula is C44H48N4O2. The Balaban J connectivity index is 0.000000225. The lowest BCUT2D eigenvalue weighted by molar-refractivity contribution is -0.383. The minimum absolute atomic E-state index is 0. The van der Waals surface area contributed by atoms with E-state index in [1.54, 1.807) is 6.07 Å². The average Bonchev–Trinajstić information content (AvgIpc) is 3.11. The highest BCUT2D eigenvalue weighted by molar-refractivity contribution is 5.83. The standard InChI is InChI=1S/C22H22N2O2.C22H24N2.H2/c1-15(2)18-11-7-8-12-20(18)23-21-14-19(17-9-5-4-6-10-17)16(3)13-22(21)24(25)26;1-15(2)18-11-7-8-12-21(18)24-22-14-19(16(3)13-20(22)23)17-9-5-4-6-10-17;/h4-15,23H,1-3H3;4-15,24H,23H2,1-3H3;1H. The van der Waals surface area contributed by atoms with Crippen LogP contribution in [0.4, 0.5) is 34.1 Å². The molecule has 0 aromatic heterocycles. The summed E-state index contributed by atoms with van der Waals surface area (Å²) < 4.78 is 0. The Morgan fingerprint density at radius 1 is 0.560 bits per heavy atom. The monoisotopic (exact) mass is 664 g/mol. The van der Waals surface area contributed by atoms with Crippen molar-refractivity contribution in [1.29, 1.82) is 0 Å². The maximum atomic E-state index is 11.6. The van der Waals surface area contributed by atoms with Crippen molar-refractivity contribution in [2.24, 2.45) is 0 Å². The third kappa shape index (κ3) is 8.39. The molecule has 0 aliphatic rings. The molecule has 0 heterocycles. The second-order valence-electron chi connectivity index (χ2n) is 13.2. The summed E-state index contributed by atoms with van der Waals surface area (Å²) in [6.45, 7) is 12.6. The van der Waals surface area contributed by atoms with Crippen LogP contribution >= 0.6 is 0 Å². The molecule has 50 heavy (non-hydrogen) atoms. The second-order valence-corrected chi connectivity index (χ2v) is 13.2. The van der Waals surface area contributed by atoms with Crippen LogP contribution in [0.15, 0.2) is 133 Å². The Labute approximate surface area is 297 Å². The molecule has 0 radical (unpaired) electrons. The van der Waals surface area contributed by atoms with Crippen LogP contribution in [0.1, 0.15) is 63.2 Å². The van der Waals surface area contributed by atoms with Gasteiger partial charge in [0.05, 0.1) is 16.3 Å². The fraction of sp³-hybridized carbons (Fsp3) is 0.182. The highest BCUT2D eigenvalue weighted by atomic mass is 16.6. The topological polar surface area (TPSA) is 93.2 Å². The van der Waals surface area contributed by atoms with E-state index in [2.05, 4.69) is 99.8 Å². The van der Waals surface area contributed by atoms with E-state index < -0.39 is 0 Å². The number of nitrogens with two attached hydrogens (primary N) is 1. The minimum Gasteiger partial charge on any atom is -0.397 e. The van der Waals surface area contributed by atoms with Crippen molar-refractivity contribution in [2.75, 3.05) is 16.4 Å². The van der Waals surface area contributed by atoms with Gasteiger partial charge in [-0.3, -0.25) is 10.1 Å². The van der Waals surface area contributed by atoms with Gasteiger partial charge in [-0.2, -0.15) is 0 Å². The Hall–Kier alpha value is -5.88. The van der Waals surface area contributed by atoms with E-state index in [9.17, 15) is 10.1 Å². The molecule has 6 heteroatoms. The van der Waals surface area contributed by atoms with E-state index >= 15 is 0 Å². The molecule has 0 bridgehead atoms. The van der Waals surface area contributed by atoms with Crippen LogP contribution in [-0.4, -0.2) is 4.92 Å². The molecule has 6 aromatic carbocycles. The number of nitrogens with zero attached hydrogens (tertiary/aromatic N) is 1. The smallest absolute Gasteiger partial charge is 0.292 e. The van der Waals surface area contributed by atoms with Crippen LogP contribution in [0.5, 0.6) is 0 Å². The fourth-order valence-corrected chi connectivity index (χ4v) is 6.16. The van der Waals surface area contributed by atoms with Crippen molar-refractivity contribution in [1.82, 2.24) is 0 Å². The zero-order valence-electron chi connectivity index (χ0n) is 29.7. The maximum absolute atomic E-state index is 11.6. The molecule has 6 nitrogen and oxygen atoms in total. The van der Waals surface area contributed by atoms with Gasteiger partial charge in [-0.1, -0.05) is 125 Å². The molecule has 0 unspecified atom stereocenters. The number of nitro groups is 1. The first-order valence-corrected chi connectivity index (χ1v) is 17.0. The summed E-state index contributed by atoms with van der Waals surface area (Å²) in [4.78, 5) is 11.3. The van der Waals surface area contributed by atoms with Crippen LogP contribution < -0.4 is 16.4 Å². The number of hydrogen-bond donors (Lipinski definition) is 3. The predicted molar refractivity (Wildman–Crippen MR) is 214 cm³/mol. The van der Waals surface area contributed by atoms with E-state index in [4.69, 9.17) is 5.73 Å². The molecule has 6 rings (SSSR count).